The molecule has 0 saturated heterocycles. The van der Waals surface area contributed by atoms with Crippen LogP contribution in [0.25, 0.3) is 0 Å². The second kappa shape index (κ2) is 6.18. The second-order valence-corrected chi connectivity index (χ2v) is 5.38. The zero-order valence-electron chi connectivity index (χ0n) is 9.60. The number of hydrogen-bond donors (Lipinski definition) is 2. The van der Waals surface area contributed by atoms with Crippen molar-refractivity contribution >= 4 is 33.7 Å². The van der Waals surface area contributed by atoms with Crippen molar-refractivity contribution in [2.45, 2.75) is 12.8 Å². The lowest BCUT2D eigenvalue weighted by atomic mass is 10.2. The molecule has 0 aromatic carbocycles. The number of aromatic nitrogens is 1. The van der Waals surface area contributed by atoms with Crippen molar-refractivity contribution in [2.24, 2.45) is 0 Å². The van der Waals surface area contributed by atoms with E-state index in [4.69, 9.17) is 5.11 Å². The van der Waals surface area contributed by atoms with Crippen LogP contribution in [0.15, 0.2) is 16.8 Å². The topological polar surface area (TPSA) is 62.2 Å². The summed E-state index contributed by atoms with van der Waals surface area (Å²) >= 11 is 2.04. The lowest BCUT2D eigenvalue weighted by Crippen LogP contribution is -2.12. The number of alkyl halides is 2. The molecule has 1 amide bonds. The number of thiazole rings is 1. The zero-order valence-corrected chi connectivity index (χ0v) is 11.2. The second-order valence-electron chi connectivity index (χ2n) is 3.57. The molecule has 102 valence electrons. The van der Waals surface area contributed by atoms with Crippen molar-refractivity contribution < 1.29 is 18.7 Å². The summed E-state index contributed by atoms with van der Waals surface area (Å²) in [6.45, 7) is -0.0306. The Bertz CT molecular complexity index is 569. The van der Waals surface area contributed by atoms with Crippen LogP contribution in [-0.2, 0) is 6.42 Å². The maximum atomic E-state index is 12.7. The normalized spacial score (nSPS) is 10.9. The van der Waals surface area contributed by atoms with Crippen LogP contribution in [0, 0.1) is 0 Å². The van der Waals surface area contributed by atoms with Crippen LogP contribution in [0.1, 0.15) is 27.4 Å². The molecule has 2 aromatic rings. The van der Waals surface area contributed by atoms with E-state index in [1.165, 1.54) is 22.8 Å². The largest absolute Gasteiger partial charge is 0.396 e. The van der Waals surface area contributed by atoms with Crippen LogP contribution in [0.3, 0.4) is 0 Å². The van der Waals surface area contributed by atoms with Gasteiger partial charge in [-0.25, -0.2) is 13.8 Å². The Balaban J connectivity index is 2.09. The van der Waals surface area contributed by atoms with Crippen molar-refractivity contribution in [2.75, 3.05) is 11.9 Å². The van der Waals surface area contributed by atoms with Gasteiger partial charge in [0, 0.05) is 18.4 Å². The van der Waals surface area contributed by atoms with Crippen molar-refractivity contribution in [3.05, 3.63) is 33.0 Å². The van der Waals surface area contributed by atoms with E-state index in [2.05, 4.69) is 10.3 Å². The fraction of sp³-hybridized carbons (Fsp3) is 0.273. The van der Waals surface area contributed by atoms with Gasteiger partial charge in [-0.05, 0) is 11.4 Å². The van der Waals surface area contributed by atoms with Gasteiger partial charge in [0.2, 0.25) is 0 Å². The minimum atomic E-state index is -2.66. The summed E-state index contributed by atoms with van der Waals surface area (Å²) in [4.78, 5) is 15.7. The van der Waals surface area contributed by atoms with Crippen LogP contribution in [0.2, 0.25) is 0 Å². The Hall–Kier alpha value is -1.38. The fourth-order valence-corrected chi connectivity index (χ4v) is 2.92. The standard InChI is InChI=1S/C11H10F2N2O2S2/c12-9(13)8-7(2-4-18-8)10(17)15-11-14-6(1-3-16)5-19-11/h2,4-5,9,16H,1,3H2,(H,14,15,17). The van der Waals surface area contributed by atoms with Gasteiger partial charge in [0.15, 0.2) is 5.13 Å². The summed E-state index contributed by atoms with van der Waals surface area (Å²) in [6.07, 6.45) is -2.27. The highest BCUT2D eigenvalue weighted by Gasteiger charge is 2.20. The minimum absolute atomic E-state index is 0.0288. The van der Waals surface area contributed by atoms with Crippen LogP contribution in [-0.4, -0.2) is 22.6 Å². The van der Waals surface area contributed by atoms with Gasteiger partial charge in [0.25, 0.3) is 12.3 Å². The van der Waals surface area contributed by atoms with Gasteiger partial charge in [-0.3, -0.25) is 10.1 Å². The number of hydrogen-bond acceptors (Lipinski definition) is 5. The Labute approximate surface area is 115 Å². The first-order chi connectivity index (χ1) is 9.11. The minimum Gasteiger partial charge on any atom is -0.396 e. The quantitative estimate of drug-likeness (QED) is 0.893. The first-order valence-corrected chi connectivity index (χ1v) is 7.10. The fourth-order valence-electron chi connectivity index (χ4n) is 1.44. The lowest BCUT2D eigenvalue weighted by Gasteiger charge is -2.02. The molecule has 19 heavy (non-hydrogen) atoms. The molecule has 0 radical (unpaired) electrons. The number of nitrogens with zero attached hydrogens (tertiary/aromatic N) is 1. The molecule has 0 aliphatic carbocycles. The summed E-state index contributed by atoms with van der Waals surface area (Å²) in [6, 6.07) is 1.36. The number of aliphatic hydroxyl groups excluding tert-OH is 1. The molecule has 4 nitrogen and oxygen atoms in total. The Morgan fingerprint density at radius 1 is 1.47 bits per heavy atom. The van der Waals surface area contributed by atoms with Crippen LogP contribution >= 0.6 is 22.7 Å². The van der Waals surface area contributed by atoms with Crippen LogP contribution in [0.4, 0.5) is 13.9 Å². The summed E-state index contributed by atoms with van der Waals surface area (Å²) < 4.78 is 25.3. The molecular formula is C11H10F2N2O2S2. The van der Waals surface area contributed by atoms with Crippen LogP contribution in [0.5, 0.6) is 0 Å². The highest BCUT2D eigenvalue weighted by Crippen LogP contribution is 2.29. The average Bonchev–Trinajstić information content (AvgIpc) is 2.98. The maximum Gasteiger partial charge on any atom is 0.273 e. The highest BCUT2D eigenvalue weighted by atomic mass is 32.1. The first kappa shape index (κ1) is 14.0. The number of aliphatic hydroxyl groups is 1. The van der Waals surface area contributed by atoms with Gasteiger partial charge in [-0.2, -0.15) is 0 Å². The predicted octanol–water partition coefficient (Wildman–Crippen LogP) is 2.93. The van der Waals surface area contributed by atoms with Crippen molar-refractivity contribution in [1.82, 2.24) is 4.98 Å². The monoisotopic (exact) mass is 304 g/mol. The summed E-state index contributed by atoms with van der Waals surface area (Å²) in [5.74, 6) is -0.596. The average molecular weight is 304 g/mol. The van der Waals surface area contributed by atoms with E-state index < -0.39 is 12.3 Å². The summed E-state index contributed by atoms with van der Waals surface area (Å²) in [5, 5.41) is 14.7. The van der Waals surface area contributed by atoms with Gasteiger partial charge in [0.1, 0.15) is 0 Å². The Morgan fingerprint density at radius 2 is 2.26 bits per heavy atom. The van der Waals surface area contributed by atoms with E-state index in [9.17, 15) is 13.6 Å². The molecule has 0 atom stereocenters. The smallest absolute Gasteiger partial charge is 0.273 e. The Morgan fingerprint density at radius 3 is 2.95 bits per heavy atom. The maximum absolute atomic E-state index is 12.7. The molecule has 2 N–H and O–H groups in total. The van der Waals surface area contributed by atoms with Gasteiger partial charge in [-0.1, -0.05) is 0 Å². The van der Waals surface area contributed by atoms with Crippen LogP contribution < -0.4 is 5.32 Å². The molecule has 0 unspecified atom stereocenters. The van der Waals surface area contributed by atoms with Gasteiger partial charge >= 0.3 is 0 Å². The molecule has 2 aromatic heterocycles. The third-order valence-electron chi connectivity index (χ3n) is 2.28. The van der Waals surface area contributed by atoms with Crippen molar-refractivity contribution in [1.29, 1.82) is 0 Å². The van der Waals surface area contributed by atoms with E-state index in [0.29, 0.717) is 17.2 Å². The third kappa shape index (κ3) is 3.34. The lowest BCUT2D eigenvalue weighted by molar-refractivity contribution is 0.101. The first-order valence-electron chi connectivity index (χ1n) is 5.34. The molecular weight excluding hydrogens is 294 g/mol. The van der Waals surface area contributed by atoms with E-state index in [1.54, 1.807) is 5.38 Å². The number of thiophene rings is 1. The number of carbonyl (C=O) groups excluding carboxylic acids is 1. The molecule has 0 bridgehead atoms. The number of carbonyl (C=O) groups is 1. The summed E-state index contributed by atoms with van der Waals surface area (Å²) in [5.41, 5.74) is 0.626. The highest BCUT2D eigenvalue weighted by molar-refractivity contribution is 7.14. The van der Waals surface area contributed by atoms with E-state index in [-0.39, 0.29) is 17.0 Å². The summed E-state index contributed by atoms with van der Waals surface area (Å²) in [7, 11) is 0. The molecule has 0 aliphatic rings. The van der Waals surface area contributed by atoms with Gasteiger partial charge in [-0.15, -0.1) is 22.7 Å². The van der Waals surface area contributed by atoms with E-state index >= 15 is 0 Å². The van der Waals surface area contributed by atoms with Gasteiger partial charge < -0.3 is 5.11 Å². The molecule has 2 heterocycles. The predicted molar refractivity (Wildman–Crippen MR) is 70.1 cm³/mol. The Kier molecular flexibility index (Phi) is 4.56. The molecule has 0 spiro atoms. The number of nitrogens with one attached hydrogen (secondary N) is 1. The number of amides is 1. The molecule has 0 aliphatic heterocycles. The number of halogens is 2. The van der Waals surface area contributed by atoms with Gasteiger partial charge in [0.05, 0.1) is 16.1 Å². The van der Waals surface area contributed by atoms with E-state index in [0.717, 1.165) is 11.3 Å². The van der Waals surface area contributed by atoms with E-state index in [1.807, 2.05) is 0 Å². The molecule has 0 fully saturated rings. The SMILES string of the molecule is O=C(Nc1nc(CCO)cs1)c1ccsc1C(F)F. The van der Waals surface area contributed by atoms with Crippen molar-refractivity contribution in [3.63, 3.8) is 0 Å². The zero-order chi connectivity index (χ0) is 13.8. The van der Waals surface area contributed by atoms with Crippen molar-refractivity contribution in [3.8, 4) is 0 Å². The third-order valence-corrected chi connectivity index (χ3v) is 4.01. The number of anilines is 1. The molecule has 8 heteroatoms. The molecule has 0 saturated carbocycles. The molecule has 2 rings (SSSR count). The number of rotatable bonds is 5.